The minimum absolute atomic E-state index is 0.0142. The van der Waals surface area contributed by atoms with Crippen molar-refractivity contribution in [2.45, 2.75) is 24.8 Å². The molecule has 5 rings (SSSR count). The Kier molecular flexibility index (Phi) is 5.98. The summed E-state index contributed by atoms with van der Waals surface area (Å²) in [6.07, 6.45) is 0.601. The minimum atomic E-state index is -0.231. The summed E-state index contributed by atoms with van der Waals surface area (Å²) in [6.45, 7) is 1.45. The van der Waals surface area contributed by atoms with Gasteiger partial charge in [0.1, 0.15) is 13.2 Å². The molecule has 0 aromatic heterocycles. The summed E-state index contributed by atoms with van der Waals surface area (Å²) in [4.78, 5) is 27.4. The van der Waals surface area contributed by atoms with Crippen molar-refractivity contribution < 1.29 is 19.1 Å². The summed E-state index contributed by atoms with van der Waals surface area (Å²) in [5.74, 6) is 1.22. The lowest BCUT2D eigenvalue weighted by atomic mass is 9.88. The van der Waals surface area contributed by atoms with E-state index >= 15 is 0 Å². The molecule has 1 atom stereocenters. The number of nitrogens with zero attached hydrogens (tertiary/aromatic N) is 1. The maximum absolute atomic E-state index is 13.0. The first-order valence-electron chi connectivity index (χ1n) is 11.3. The lowest BCUT2D eigenvalue weighted by Crippen LogP contribution is -2.37. The van der Waals surface area contributed by atoms with Crippen LogP contribution in [0.1, 0.15) is 29.9 Å². The Morgan fingerprint density at radius 3 is 2.21 bits per heavy atom. The molecule has 168 valence electrons. The Morgan fingerprint density at radius 2 is 1.55 bits per heavy atom. The number of hydrogen-bond acceptors (Lipinski definition) is 4. The fourth-order valence-electron chi connectivity index (χ4n) is 4.52. The zero-order chi connectivity index (χ0) is 22.6. The van der Waals surface area contributed by atoms with E-state index in [-0.39, 0.29) is 30.2 Å². The summed E-state index contributed by atoms with van der Waals surface area (Å²) in [7, 11) is 0. The number of rotatable bonds is 6. The molecule has 33 heavy (non-hydrogen) atoms. The van der Waals surface area contributed by atoms with Crippen LogP contribution in [-0.4, -0.2) is 37.6 Å². The van der Waals surface area contributed by atoms with Crippen molar-refractivity contribution in [3.8, 4) is 11.5 Å². The Hall–Kier alpha value is -3.80. The summed E-state index contributed by atoms with van der Waals surface area (Å²) in [5.41, 5.74) is 2.95. The molecule has 1 fully saturated rings. The van der Waals surface area contributed by atoms with Crippen molar-refractivity contribution in [2.24, 2.45) is 0 Å². The van der Waals surface area contributed by atoms with E-state index in [4.69, 9.17) is 9.47 Å². The Balaban J connectivity index is 1.26. The molecule has 0 saturated carbocycles. The average molecular weight is 443 g/mol. The van der Waals surface area contributed by atoms with Crippen molar-refractivity contribution in [3.63, 3.8) is 0 Å². The number of carbonyl (C=O) groups is 2. The molecule has 2 heterocycles. The second-order valence-electron chi connectivity index (χ2n) is 8.38. The quantitative estimate of drug-likeness (QED) is 0.629. The van der Waals surface area contributed by atoms with Gasteiger partial charge < -0.3 is 19.7 Å². The first-order valence-corrected chi connectivity index (χ1v) is 11.3. The van der Waals surface area contributed by atoms with E-state index in [9.17, 15) is 9.59 Å². The summed E-state index contributed by atoms with van der Waals surface area (Å²) >= 11 is 0. The van der Waals surface area contributed by atoms with Crippen molar-refractivity contribution in [1.29, 1.82) is 0 Å². The van der Waals surface area contributed by atoms with Crippen molar-refractivity contribution >= 4 is 17.5 Å². The van der Waals surface area contributed by atoms with E-state index in [1.165, 1.54) is 0 Å². The van der Waals surface area contributed by atoms with E-state index in [0.29, 0.717) is 37.7 Å². The highest BCUT2D eigenvalue weighted by Gasteiger charge is 2.33. The standard InChI is InChI=1S/C27H26N2O4/c30-26(17-23(19-7-3-1-4-8-19)20-9-5-2-6-10-20)28-21-15-27(31)29(18-21)22-11-12-24-25(16-22)33-14-13-32-24/h1-12,16,21,23H,13-15,17-18H2,(H,28,30). The molecule has 6 heteroatoms. The summed E-state index contributed by atoms with van der Waals surface area (Å²) in [6, 6.07) is 25.4. The third-order valence-electron chi connectivity index (χ3n) is 6.12. The van der Waals surface area contributed by atoms with Crippen LogP contribution in [-0.2, 0) is 9.59 Å². The Labute approximate surface area is 193 Å². The van der Waals surface area contributed by atoms with Gasteiger partial charge >= 0.3 is 0 Å². The van der Waals surface area contributed by atoms with Gasteiger partial charge in [-0.2, -0.15) is 0 Å². The second kappa shape index (κ2) is 9.36. The van der Waals surface area contributed by atoms with Gasteiger partial charge in [0.05, 0.1) is 6.04 Å². The molecule has 2 amide bonds. The zero-order valence-electron chi connectivity index (χ0n) is 18.3. The van der Waals surface area contributed by atoms with Crippen LogP contribution in [0.5, 0.6) is 11.5 Å². The maximum atomic E-state index is 13.0. The predicted molar refractivity (Wildman–Crippen MR) is 126 cm³/mol. The smallest absolute Gasteiger partial charge is 0.229 e. The molecule has 1 N–H and O–H groups in total. The fraction of sp³-hybridized carbons (Fsp3) is 0.259. The molecule has 0 spiro atoms. The van der Waals surface area contributed by atoms with Crippen LogP contribution in [0.3, 0.4) is 0 Å². The molecule has 2 aliphatic heterocycles. The molecule has 1 saturated heterocycles. The van der Waals surface area contributed by atoms with E-state index in [2.05, 4.69) is 5.32 Å². The summed E-state index contributed by atoms with van der Waals surface area (Å²) in [5, 5.41) is 3.08. The molecule has 0 aliphatic carbocycles. The molecule has 3 aromatic rings. The molecule has 0 bridgehead atoms. The van der Waals surface area contributed by atoms with Gasteiger partial charge in [-0.25, -0.2) is 0 Å². The van der Waals surface area contributed by atoms with Gasteiger partial charge in [-0.1, -0.05) is 60.7 Å². The van der Waals surface area contributed by atoms with E-state index < -0.39 is 0 Å². The Bertz CT molecular complexity index is 1090. The third kappa shape index (κ3) is 4.70. The average Bonchev–Trinajstić information content (AvgIpc) is 3.23. The predicted octanol–water partition coefficient (Wildman–Crippen LogP) is 3.90. The minimum Gasteiger partial charge on any atom is -0.486 e. The first-order chi connectivity index (χ1) is 16.2. The Morgan fingerprint density at radius 1 is 0.909 bits per heavy atom. The molecular formula is C27H26N2O4. The SMILES string of the molecule is O=C(CC(c1ccccc1)c1ccccc1)NC1CC(=O)N(c2ccc3c(c2)OCCO3)C1. The van der Waals surface area contributed by atoms with Crippen LogP contribution < -0.4 is 19.7 Å². The first kappa shape index (κ1) is 21.1. The molecule has 6 nitrogen and oxygen atoms in total. The second-order valence-corrected chi connectivity index (χ2v) is 8.38. The van der Waals surface area contributed by atoms with E-state index in [1.807, 2.05) is 78.9 Å². The van der Waals surface area contributed by atoms with Crippen LogP contribution in [0.15, 0.2) is 78.9 Å². The lowest BCUT2D eigenvalue weighted by Gasteiger charge is -2.22. The van der Waals surface area contributed by atoms with Crippen LogP contribution in [0.25, 0.3) is 0 Å². The number of anilines is 1. The highest BCUT2D eigenvalue weighted by molar-refractivity contribution is 5.97. The van der Waals surface area contributed by atoms with Crippen molar-refractivity contribution in [3.05, 3.63) is 90.0 Å². The number of amides is 2. The molecular weight excluding hydrogens is 416 g/mol. The number of benzene rings is 3. The van der Waals surface area contributed by atoms with E-state index in [1.54, 1.807) is 4.90 Å². The van der Waals surface area contributed by atoms with Gasteiger partial charge in [0, 0.05) is 37.1 Å². The van der Waals surface area contributed by atoms with Gasteiger partial charge in [0.2, 0.25) is 11.8 Å². The monoisotopic (exact) mass is 442 g/mol. The van der Waals surface area contributed by atoms with Gasteiger partial charge in [-0.3, -0.25) is 9.59 Å². The number of hydrogen-bond donors (Lipinski definition) is 1. The maximum Gasteiger partial charge on any atom is 0.229 e. The summed E-state index contributed by atoms with van der Waals surface area (Å²) < 4.78 is 11.2. The van der Waals surface area contributed by atoms with Crippen LogP contribution in [0.4, 0.5) is 5.69 Å². The highest BCUT2D eigenvalue weighted by atomic mass is 16.6. The number of fused-ring (bicyclic) bond motifs is 1. The molecule has 2 aliphatic rings. The third-order valence-corrected chi connectivity index (χ3v) is 6.12. The number of nitrogens with one attached hydrogen (secondary N) is 1. The molecule has 3 aromatic carbocycles. The van der Waals surface area contributed by atoms with Gasteiger partial charge in [0.15, 0.2) is 11.5 Å². The lowest BCUT2D eigenvalue weighted by molar-refractivity contribution is -0.122. The number of carbonyl (C=O) groups excluding carboxylic acids is 2. The van der Waals surface area contributed by atoms with Crippen molar-refractivity contribution in [2.75, 3.05) is 24.7 Å². The number of ether oxygens (including phenoxy) is 2. The van der Waals surface area contributed by atoms with Gasteiger partial charge in [-0.05, 0) is 23.3 Å². The van der Waals surface area contributed by atoms with Crippen LogP contribution in [0.2, 0.25) is 0 Å². The van der Waals surface area contributed by atoms with Gasteiger partial charge in [0.25, 0.3) is 0 Å². The fourth-order valence-corrected chi connectivity index (χ4v) is 4.52. The topological polar surface area (TPSA) is 67.9 Å². The molecule has 1 unspecified atom stereocenters. The van der Waals surface area contributed by atoms with E-state index in [0.717, 1.165) is 16.8 Å². The highest BCUT2D eigenvalue weighted by Crippen LogP contribution is 2.35. The normalized spacial score (nSPS) is 17.3. The van der Waals surface area contributed by atoms with Gasteiger partial charge in [-0.15, -0.1) is 0 Å². The van der Waals surface area contributed by atoms with Crippen molar-refractivity contribution in [1.82, 2.24) is 5.32 Å². The van der Waals surface area contributed by atoms with Crippen LogP contribution >= 0.6 is 0 Å². The zero-order valence-corrected chi connectivity index (χ0v) is 18.3. The molecule has 0 radical (unpaired) electrons. The largest absolute Gasteiger partial charge is 0.486 e. The van der Waals surface area contributed by atoms with Crippen LogP contribution in [0, 0.1) is 0 Å².